The molecule has 1 unspecified atom stereocenters. The highest BCUT2D eigenvalue weighted by Crippen LogP contribution is 2.26. The van der Waals surface area contributed by atoms with Crippen molar-refractivity contribution in [3.63, 3.8) is 0 Å². The highest BCUT2D eigenvalue weighted by Gasteiger charge is 2.18. The minimum Gasteiger partial charge on any atom is -0.494 e. The van der Waals surface area contributed by atoms with Gasteiger partial charge in [0.1, 0.15) is 11.8 Å². The minimum atomic E-state index is -1.05. The Morgan fingerprint density at radius 3 is 2.92 bits per heavy atom. The lowest BCUT2D eigenvalue weighted by molar-refractivity contribution is -0.141. The number of carbonyl (C=O) groups excluding carboxylic acids is 2. The maximum atomic E-state index is 11.9. The van der Waals surface area contributed by atoms with E-state index in [0.717, 1.165) is 11.3 Å². The van der Waals surface area contributed by atoms with E-state index in [2.05, 4.69) is 10.6 Å². The van der Waals surface area contributed by atoms with Crippen molar-refractivity contribution in [2.45, 2.75) is 45.1 Å². The fourth-order valence-corrected chi connectivity index (χ4v) is 2.63. The molecule has 7 nitrogen and oxygen atoms in total. The number of carbonyl (C=O) groups is 3. The van der Waals surface area contributed by atoms with Crippen LogP contribution in [0, 0.1) is 0 Å². The second-order valence-electron chi connectivity index (χ2n) is 6.08. The Kier molecular flexibility index (Phi) is 7.20. The zero-order valence-electron chi connectivity index (χ0n) is 14.8. The summed E-state index contributed by atoms with van der Waals surface area (Å²) in [7, 11) is 0. The van der Waals surface area contributed by atoms with Gasteiger partial charge in [-0.05, 0) is 49.9 Å². The van der Waals surface area contributed by atoms with Crippen molar-refractivity contribution >= 4 is 23.5 Å². The number of nitrogens with one attached hydrogen (secondary N) is 2. The second kappa shape index (κ2) is 9.60. The normalized spacial score (nSPS) is 14.4. The molecule has 0 aliphatic carbocycles. The van der Waals surface area contributed by atoms with Gasteiger partial charge in [-0.2, -0.15) is 0 Å². The zero-order chi connectivity index (χ0) is 18.9. The third kappa shape index (κ3) is 5.91. The summed E-state index contributed by atoms with van der Waals surface area (Å²) in [5.41, 5.74) is 1.85. The van der Waals surface area contributed by atoms with Crippen LogP contribution in [0.1, 0.15) is 38.2 Å². The molecule has 26 heavy (non-hydrogen) atoms. The van der Waals surface area contributed by atoms with Crippen LogP contribution in [0.3, 0.4) is 0 Å². The van der Waals surface area contributed by atoms with E-state index < -0.39 is 12.0 Å². The van der Waals surface area contributed by atoms with E-state index >= 15 is 0 Å². The van der Waals surface area contributed by atoms with Gasteiger partial charge >= 0.3 is 5.97 Å². The average molecular weight is 360 g/mol. The standard InChI is InChI=1S/C19H24N2O5/c1-2-3-5-16(19(24)25)21-17(22)6-4-11-26-14-8-9-15-13(12-14)7-10-18(23)20-15/h2-3,8-9,12,16H,4-7,10-11H2,1H3,(H,20,23)(H,21,22)(H,24,25)/b3-2+. The van der Waals surface area contributed by atoms with Crippen molar-refractivity contribution in [1.82, 2.24) is 5.32 Å². The molecule has 1 aromatic carbocycles. The fraction of sp³-hybridized carbons (Fsp3) is 0.421. The van der Waals surface area contributed by atoms with Gasteiger partial charge in [0, 0.05) is 18.5 Å². The second-order valence-corrected chi connectivity index (χ2v) is 6.08. The number of anilines is 1. The van der Waals surface area contributed by atoms with Gasteiger partial charge in [0.25, 0.3) is 0 Å². The first-order valence-electron chi connectivity index (χ1n) is 8.68. The van der Waals surface area contributed by atoms with Gasteiger partial charge in [0.05, 0.1) is 6.61 Å². The van der Waals surface area contributed by atoms with Gasteiger partial charge in [-0.15, -0.1) is 0 Å². The number of carboxylic acid groups (broad SMARTS) is 1. The van der Waals surface area contributed by atoms with Gasteiger partial charge < -0.3 is 20.5 Å². The fourth-order valence-electron chi connectivity index (χ4n) is 2.63. The third-order valence-corrected chi connectivity index (χ3v) is 4.03. The summed E-state index contributed by atoms with van der Waals surface area (Å²) in [5.74, 6) is -0.643. The molecular formula is C19H24N2O5. The number of rotatable bonds is 9. The molecule has 0 fully saturated rings. The summed E-state index contributed by atoms with van der Waals surface area (Å²) in [6.45, 7) is 2.15. The smallest absolute Gasteiger partial charge is 0.326 e. The molecule has 1 aliphatic heterocycles. The molecule has 0 aromatic heterocycles. The summed E-state index contributed by atoms with van der Waals surface area (Å²) in [4.78, 5) is 34.3. The zero-order valence-corrected chi connectivity index (χ0v) is 14.8. The Bertz CT molecular complexity index is 699. The lowest BCUT2D eigenvalue weighted by Crippen LogP contribution is -2.40. The largest absolute Gasteiger partial charge is 0.494 e. The number of hydrogen-bond acceptors (Lipinski definition) is 4. The van der Waals surface area contributed by atoms with Crippen molar-refractivity contribution < 1.29 is 24.2 Å². The third-order valence-electron chi connectivity index (χ3n) is 4.03. The van der Waals surface area contributed by atoms with Crippen molar-refractivity contribution in [2.24, 2.45) is 0 Å². The Labute approximate surface area is 152 Å². The quantitative estimate of drug-likeness (QED) is 0.463. The maximum Gasteiger partial charge on any atom is 0.326 e. The molecule has 1 atom stereocenters. The van der Waals surface area contributed by atoms with Crippen LogP contribution in [0.2, 0.25) is 0 Å². The molecule has 0 saturated heterocycles. The molecule has 3 N–H and O–H groups in total. The van der Waals surface area contributed by atoms with E-state index in [1.54, 1.807) is 25.1 Å². The molecule has 1 heterocycles. The topological polar surface area (TPSA) is 105 Å². The number of amides is 2. The van der Waals surface area contributed by atoms with Crippen LogP contribution < -0.4 is 15.4 Å². The first-order chi connectivity index (χ1) is 12.5. The van der Waals surface area contributed by atoms with E-state index in [4.69, 9.17) is 9.84 Å². The predicted octanol–water partition coefficient (Wildman–Crippen LogP) is 2.27. The Morgan fingerprint density at radius 1 is 1.38 bits per heavy atom. The lowest BCUT2D eigenvalue weighted by atomic mass is 10.0. The first-order valence-corrected chi connectivity index (χ1v) is 8.68. The molecule has 1 aromatic rings. The van der Waals surface area contributed by atoms with Crippen LogP contribution in [0.25, 0.3) is 0 Å². The van der Waals surface area contributed by atoms with E-state index in [1.165, 1.54) is 0 Å². The highest BCUT2D eigenvalue weighted by atomic mass is 16.5. The van der Waals surface area contributed by atoms with Crippen LogP contribution in [-0.2, 0) is 20.8 Å². The highest BCUT2D eigenvalue weighted by molar-refractivity contribution is 5.94. The summed E-state index contributed by atoms with van der Waals surface area (Å²) in [6.07, 6.45) is 5.55. The van der Waals surface area contributed by atoms with Gasteiger partial charge in [-0.3, -0.25) is 9.59 Å². The Balaban J connectivity index is 1.73. The van der Waals surface area contributed by atoms with Crippen LogP contribution in [0.15, 0.2) is 30.4 Å². The number of ether oxygens (including phenoxy) is 1. The number of aliphatic carboxylic acids is 1. The average Bonchev–Trinajstić information content (AvgIpc) is 2.62. The van der Waals surface area contributed by atoms with E-state index in [9.17, 15) is 14.4 Å². The lowest BCUT2D eigenvalue weighted by Gasteiger charge is -2.17. The number of aryl methyl sites for hydroxylation is 1. The molecule has 0 spiro atoms. The summed E-state index contributed by atoms with van der Waals surface area (Å²) in [6, 6.07) is 4.58. The summed E-state index contributed by atoms with van der Waals surface area (Å²) in [5, 5.41) is 14.4. The van der Waals surface area contributed by atoms with Gasteiger partial charge in [0.2, 0.25) is 11.8 Å². The predicted molar refractivity (Wildman–Crippen MR) is 97.1 cm³/mol. The molecule has 2 amide bonds. The number of fused-ring (bicyclic) bond motifs is 1. The Hall–Kier alpha value is -2.83. The van der Waals surface area contributed by atoms with Crippen LogP contribution in [0.5, 0.6) is 5.75 Å². The number of carboxylic acids is 1. The maximum absolute atomic E-state index is 11.9. The minimum absolute atomic E-state index is 0.0197. The van der Waals surface area contributed by atoms with Gasteiger partial charge in [-0.1, -0.05) is 12.2 Å². The molecule has 0 bridgehead atoms. The molecule has 7 heteroatoms. The van der Waals surface area contributed by atoms with E-state index in [1.807, 2.05) is 12.1 Å². The van der Waals surface area contributed by atoms with Crippen LogP contribution in [0.4, 0.5) is 5.69 Å². The Morgan fingerprint density at radius 2 is 2.19 bits per heavy atom. The SMILES string of the molecule is C/C=C/CC(NC(=O)CCCOc1ccc2c(c1)CCC(=O)N2)C(=O)O. The van der Waals surface area contributed by atoms with Crippen molar-refractivity contribution in [3.8, 4) is 5.75 Å². The molecule has 1 aliphatic rings. The van der Waals surface area contributed by atoms with Crippen molar-refractivity contribution in [3.05, 3.63) is 35.9 Å². The molecule has 140 valence electrons. The summed E-state index contributed by atoms with van der Waals surface area (Å²) >= 11 is 0. The molecule has 0 radical (unpaired) electrons. The van der Waals surface area contributed by atoms with Crippen molar-refractivity contribution in [2.75, 3.05) is 11.9 Å². The first kappa shape index (κ1) is 19.5. The number of allylic oxidation sites excluding steroid dienone is 1. The van der Waals surface area contributed by atoms with Crippen LogP contribution >= 0.6 is 0 Å². The molecule has 2 rings (SSSR count). The van der Waals surface area contributed by atoms with Crippen molar-refractivity contribution in [1.29, 1.82) is 0 Å². The van der Waals surface area contributed by atoms with Gasteiger partial charge in [0.15, 0.2) is 0 Å². The molecular weight excluding hydrogens is 336 g/mol. The van der Waals surface area contributed by atoms with E-state index in [0.29, 0.717) is 31.6 Å². The van der Waals surface area contributed by atoms with Crippen LogP contribution in [-0.4, -0.2) is 35.5 Å². The van der Waals surface area contributed by atoms with Gasteiger partial charge in [-0.25, -0.2) is 4.79 Å². The molecule has 0 saturated carbocycles. The number of hydrogen-bond donors (Lipinski definition) is 3. The summed E-state index contributed by atoms with van der Waals surface area (Å²) < 4.78 is 5.65. The monoisotopic (exact) mass is 360 g/mol. The van der Waals surface area contributed by atoms with E-state index in [-0.39, 0.29) is 24.7 Å². The number of benzene rings is 1.